The normalized spacial score (nSPS) is 26.3. The molecule has 0 spiro atoms. The Hall–Kier alpha value is -0.365. The van der Waals surface area contributed by atoms with E-state index in [9.17, 15) is 21.7 Å². The number of halogens is 5. The second-order valence-electron chi connectivity index (χ2n) is 7.28. The molecule has 1 heterocycles. The molecule has 0 amide bonds. The van der Waals surface area contributed by atoms with Crippen LogP contribution in [0, 0.1) is 5.92 Å². The van der Waals surface area contributed by atoms with Crippen molar-refractivity contribution in [3.05, 3.63) is 0 Å². The first-order valence-electron chi connectivity index (χ1n) is 8.06. The van der Waals surface area contributed by atoms with E-state index < -0.39 is 19.3 Å². The molecule has 1 aliphatic heterocycles. The van der Waals surface area contributed by atoms with Crippen LogP contribution < -0.4 is 0 Å². The molecule has 0 radical (unpaired) electrons. The Morgan fingerprint density at radius 1 is 1.00 bits per heavy atom. The lowest BCUT2D eigenvalue weighted by molar-refractivity contribution is -0.0736. The third kappa shape index (κ3) is 4.57. The van der Waals surface area contributed by atoms with Gasteiger partial charge in [0.15, 0.2) is 0 Å². The van der Waals surface area contributed by atoms with Gasteiger partial charge in [-0.1, -0.05) is 0 Å². The maximum absolute atomic E-state index is 13.3. The first-order valence-corrected chi connectivity index (χ1v) is 8.06. The second kappa shape index (κ2) is 6.26. The van der Waals surface area contributed by atoms with Gasteiger partial charge < -0.3 is 17.8 Å². The highest BCUT2D eigenvalue weighted by molar-refractivity contribution is 6.58. The number of alkyl halides is 2. The van der Waals surface area contributed by atoms with Crippen molar-refractivity contribution in [2.45, 2.75) is 51.0 Å². The summed E-state index contributed by atoms with van der Waals surface area (Å²) in [5.41, 5.74) is -0.230. The lowest BCUT2D eigenvalue weighted by atomic mass is 9.74. The van der Waals surface area contributed by atoms with Crippen LogP contribution >= 0.6 is 0 Å². The maximum atomic E-state index is 13.3. The van der Waals surface area contributed by atoms with E-state index in [2.05, 4.69) is 4.90 Å². The largest absolute Gasteiger partial charge is 0.492 e. The predicted octanol–water partition coefficient (Wildman–Crippen LogP) is 3.59. The molecule has 130 valence electrons. The zero-order valence-electron chi connectivity index (χ0n) is 13.3. The Labute approximate surface area is 129 Å². The molecule has 2 aliphatic rings. The summed E-state index contributed by atoms with van der Waals surface area (Å²) in [6.45, 7) is 1.26. The van der Waals surface area contributed by atoms with Crippen molar-refractivity contribution in [2.75, 3.05) is 32.6 Å². The van der Waals surface area contributed by atoms with E-state index in [1.165, 1.54) is 4.90 Å². The standard InChI is InChI=1S/C14H25BF5N2/c1-13(2,12-3-5-14(16,17)6-4-12)22-9-7-21(8-10-22)11-15(18,19)20/h12H,3-11H2,1-2H3/q-1. The molecule has 0 aromatic heterocycles. The van der Waals surface area contributed by atoms with Crippen LogP contribution in [0.5, 0.6) is 0 Å². The van der Waals surface area contributed by atoms with E-state index in [1.807, 2.05) is 13.8 Å². The molecule has 0 aromatic carbocycles. The van der Waals surface area contributed by atoms with Crippen molar-refractivity contribution in [3.63, 3.8) is 0 Å². The molecule has 0 atom stereocenters. The van der Waals surface area contributed by atoms with Crippen molar-refractivity contribution in [1.29, 1.82) is 0 Å². The van der Waals surface area contributed by atoms with Crippen molar-refractivity contribution in [1.82, 2.24) is 9.80 Å². The molecular formula is C14H25BF5N2-. The van der Waals surface area contributed by atoms with Gasteiger partial charge in [-0.3, -0.25) is 4.90 Å². The molecule has 2 fully saturated rings. The highest BCUT2D eigenvalue weighted by Crippen LogP contribution is 2.42. The second-order valence-corrected chi connectivity index (χ2v) is 7.28. The molecule has 1 aliphatic carbocycles. The maximum Gasteiger partial charge on any atom is 0.492 e. The van der Waals surface area contributed by atoms with Crippen LogP contribution in [0.3, 0.4) is 0 Å². The summed E-state index contributed by atoms with van der Waals surface area (Å²) in [5.74, 6) is -2.36. The minimum atomic E-state index is -4.78. The predicted molar refractivity (Wildman–Crippen MR) is 78.1 cm³/mol. The third-order valence-corrected chi connectivity index (χ3v) is 5.37. The lowest BCUT2D eigenvalue weighted by Gasteiger charge is -2.50. The van der Waals surface area contributed by atoms with E-state index in [4.69, 9.17) is 0 Å². The van der Waals surface area contributed by atoms with Crippen LogP contribution in [0.4, 0.5) is 21.7 Å². The third-order valence-electron chi connectivity index (χ3n) is 5.37. The highest BCUT2D eigenvalue weighted by atomic mass is 19.4. The molecule has 0 unspecified atom stereocenters. The number of hydrogen-bond donors (Lipinski definition) is 0. The zero-order valence-corrected chi connectivity index (χ0v) is 13.3. The minimum Gasteiger partial charge on any atom is -0.448 e. The Balaban J connectivity index is 1.87. The van der Waals surface area contributed by atoms with E-state index >= 15 is 0 Å². The fourth-order valence-corrected chi connectivity index (χ4v) is 3.80. The topological polar surface area (TPSA) is 6.48 Å². The van der Waals surface area contributed by atoms with Crippen LogP contribution in [0.25, 0.3) is 0 Å². The quantitative estimate of drug-likeness (QED) is 0.575. The number of piperazine rings is 1. The highest BCUT2D eigenvalue weighted by Gasteiger charge is 2.43. The van der Waals surface area contributed by atoms with Gasteiger partial charge in [-0.15, -0.1) is 0 Å². The lowest BCUT2D eigenvalue weighted by Crippen LogP contribution is -2.59. The smallest absolute Gasteiger partial charge is 0.448 e. The van der Waals surface area contributed by atoms with Gasteiger partial charge >= 0.3 is 6.98 Å². The van der Waals surface area contributed by atoms with Crippen molar-refractivity contribution >= 4 is 6.98 Å². The van der Waals surface area contributed by atoms with Gasteiger partial charge in [0, 0.05) is 44.6 Å². The van der Waals surface area contributed by atoms with E-state index in [0.29, 0.717) is 39.0 Å². The summed E-state index contributed by atoms with van der Waals surface area (Å²) in [6.07, 6.45) is 0.0387. The summed E-state index contributed by atoms with van der Waals surface area (Å²) in [5, 5.41) is 0. The summed E-state index contributed by atoms with van der Waals surface area (Å²) in [7, 11) is 0. The summed E-state index contributed by atoms with van der Waals surface area (Å²) < 4.78 is 64.0. The molecule has 0 bridgehead atoms. The average Bonchev–Trinajstić information content (AvgIpc) is 2.37. The summed E-state index contributed by atoms with van der Waals surface area (Å²) in [6, 6.07) is 0. The van der Waals surface area contributed by atoms with Gasteiger partial charge in [-0.2, -0.15) is 0 Å². The molecule has 1 saturated carbocycles. The number of rotatable bonds is 4. The van der Waals surface area contributed by atoms with Crippen LogP contribution in [0.2, 0.25) is 0 Å². The Morgan fingerprint density at radius 3 is 1.95 bits per heavy atom. The molecule has 2 nitrogen and oxygen atoms in total. The Kier molecular flexibility index (Phi) is 5.12. The van der Waals surface area contributed by atoms with Crippen LogP contribution in [0.1, 0.15) is 39.5 Å². The molecule has 22 heavy (non-hydrogen) atoms. The van der Waals surface area contributed by atoms with Crippen LogP contribution in [-0.4, -0.2) is 60.9 Å². The van der Waals surface area contributed by atoms with Crippen molar-refractivity contribution in [2.24, 2.45) is 5.92 Å². The van der Waals surface area contributed by atoms with Gasteiger partial charge in [0.2, 0.25) is 5.92 Å². The van der Waals surface area contributed by atoms with E-state index in [1.54, 1.807) is 0 Å². The van der Waals surface area contributed by atoms with Gasteiger partial charge in [-0.05, 0) is 39.1 Å². The zero-order chi connectivity index (χ0) is 16.6. The van der Waals surface area contributed by atoms with Crippen molar-refractivity contribution in [3.8, 4) is 0 Å². The van der Waals surface area contributed by atoms with Crippen molar-refractivity contribution < 1.29 is 21.7 Å². The van der Waals surface area contributed by atoms with Crippen LogP contribution in [0.15, 0.2) is 0 Å². The van der Waals surface area contributed by atoms with Gasteiger partial charge in [0.25, 0.3) is 0 Å². The molecule has 1 saturated heterocycles. The van der Waals surface area contributed by atoms with Crippen LogP contribution in [-0.2, 0) is 0 Å². The first-order chi connectivity index (χ1) is 10.00. The summed E-state index contributed by atoms with van der Waals surface area (Å²) in [4.78, 5) is 3.63. The Bertz CT molecular complexity index is 368. The fourth-order valence-electron chi connectivity index (χ4n) is 3.80. The fraction of sp³-hybridized carbons (Fsp3) is 1.00. The van der Waals surface area contributed by atoms with Gasteiger partial charge in [0.05, 0.1) is 0 Å². The monoisotopic (exact) mass is 327 g/mol. The molecule has 8 heteroatoms. The molecule has 2 rings (SSSR count). The van der Waals surface area contributed by atoms with E-state index in [-0.39, 0.29) is 24.3 Å². The van der Waals surface area contributed by atoms with Gasteiger partial charge in [-0.25, -0.2) is 8.78 Å². The number of nitrogens with zero attached hydrogens (tertiary/aromatic N) is 2. The average molecular weight is 327 g/mol. The first kappa shape index (κ1) is 18.0. The molecular weight excluding hydrogens is 302 g/mol. The SMILES string of the molecule is CC(C)(C1CCC(F)(F)CC1)N1CCN(C[B-](F)(F)F)CC1. The van der Waals surface area contributed by atoms with Gasteiger partial charge in [0.1, 0.15) is 0 Å². The Morgan fingerprint density at radius 2 is 1.50 bits per heavy atom. The molecule has 0 aromatic rings. The van der Waals surface area contributed by atoms with E-state index in [0.717, 1.165) is 0 Å². The summed E-state index contributed by atoms with van der Waals surface area (Å²) >= 11 is 0. The molecule has 0 N–H and O–H groups in total. The minimum absolute atomic E-state index is 0.0718. The number of hydrogen-bond acceptors (Lipinski definition) is 2.